The van der Waals surface area contributed by atoms with E-state index in [1.54, 1.807) is 0 Å². The van der Waals surface area contributed by atoms with Gasteiger partial charge in [0.05, 0.1) is 12.3 Å². The molecule has 0 atom stereocenters. The Kier molecular flexibility index (Phi) is 5.73. The maximum absolute atomic E-state index is 11.9. The third-order valence-corrected chi connectivity index (χ3v) is 3.77. The summed E-state index contributed by atoms with van der Waals surface area (Å²) in [5, 5.41) is 8.04. The highest BCUT2D eigenvalue weighted by molar-refractivity contribution is 5.88. The fourth-order valence-electron chi connectivity index (χ4n) is 2.52. The Morgan fingerprint density at radius 3 is 2.67 bits per heavy atom. The molecule has 1 aromatic heterocycles. The molecule has 1 aromatic rings. The Balaban J connectivity index is 1.82. The highest BCUT2D eigenvalue weighted by atomic mass is 16.5. The van der Waals surface area contributed by atoms with Crippen molar-refractivity contribution in [3.8, 4) is 0 Å². The Morgan fingerprint density at radius 2 is 2.00 bits per heavy atom. The Bertz CT molecular complexity index is 464. The van der Waals surface area contributed by atoms with Gasteiger partial charge in [0, 0.05) is 6.54 Å². The molecule has 0 unspecified atom stereocenters. The normalized spacial score (nSPS) is 15.8. The summed E-state index contributed by atoms with van der Waals surface area (Å²) in [5.41, 5.74) is 1.14. The maximum atomic E-state index is 11.9. The number of rotatable bonds is 7. The fraction of sp³-hybridized carbons (Fsp3) is 0.800. The van der Waals surface area contributed by atoms with Crippen LogP contribution < -0.4 is 0 Å². The van der Waals surface area contributed by atoms with Crippen LogP contribution in [-0.2, 0) is 11.3 Å². The fourth-order valence-corrected chi connectivity index (χ4v) is 2.52. The van der Waals surface area contributed by atoms with E-state index in [0.717, 1.165) is 25.2 Å². The molecule has 118 valence electrons. The van der Waals surface area contributed by atoms with E-state index in [1.165, 1.54) is 25.9 Å². The van der Waals surface area contributed by atoms with Crippen molar-refractivity contribution in [2.75, 3.05) is 26.2 Å². The molecule has 6 heteroatoms. The zero-order chi connectivity index (χ0) is 15.2. The molecule has 1 aliphatic heterocycles. The predicted octanol–water partition coefficient (Wildman–Crippen LogP) is 1.89. The van der Waals surface area contributed by atoms with Gasteiger partial charge in [0.15, 0.2) is 5.69 Å². The van der Waals surface area contributed by atoms with Crippen molar-refractivity contribution in [1.82, 2.24) is 19.9 Å². The van der Waals surface area contributed by atoms with E-state index in [4.69, 9.17) is 4.74 Å². The highest BCUT2D eigenvalue weighted by Crippen LogP contribution is 2.10. The molecule has 21 heavy (non-hydrogen) atoms. The topological polar surface area (TPSA) is 60.2 Å². The molecular formula is C15H26N4O2. The molecule has 0 radical (unpaired) electrons. The third kappa shape index (κ3) is 4.52. The van der Waals surface area contributed by atoms with Crippen LogP contribution in [0.5, 0.6) is 0 Å². The minimum Gasteiger partial charge on any atom is -0.461 e. The van der Waals surface area contributed by atoms with Crippen LogP contribution in [0.4, 0.5) is 0 Å². The lowest BCUT2D eigenvalue weighted by molar-refractivity contribution is 0.0451. The van der Waals surface area contributed by atoms with Gasteiger partial charge >= 0.3 is 5.97 Å². The monoisotopic (exact) mass is 294 g/mol. The maximum Gasteiger partial charge on any atom is 0.360 e. The summed E-state index contributed by atoms with van der Waals surface area (Å²) in [7, 11) is 0. The van der Waals surface area contributed by atoms with E-state index >= 15 is 0 Å². The molecule has 1 saturated heterocycles. The smallest absolute Gasteiger partial charge is 0.360 e. The molecular weight excluding hydrogens is 268 g/mol. The van der Waals surface area contributed by atoms with E-state index in [9.17, 15) is 4.79 Å². The molecule has 2 rings (SSSR count). The van der Waals surface area contributed by atoms with Crippen molar-refractivity contribution in [3.05, 3.63) is 11.4 Å². The van der Waals surface area contributed by atoms with Crippen LogP contribution in [0.1, 0.15) is 49.3 Å². The first kappa shape index (κ1) is 15.9. The van der Waals surface area contributed by atoms with Gasteiger partial charge in [-0.25, -0.2) is 9.48 Å². The molecule has 6 nitrogen and oxygen atoms in total. The van der Waals surface area contributed by atoms with Gasteiger partial charge in [0.1, 0.15) is 0 Å². The molecule has 0 N–H and O–H groups in total. The minimum absolute atomic E-state index is 0.324. The van der Waals surface area contributed by atoms with Crippen LogP contribution in [0.2, 0.25) is 0 Å². The summed E-state index contributed by atoms with van der Waals surface area (Å²) in [6, 6.07) is 0. The first-order chi connectivity index (χ1) is 10.1. The Labute approximate surface area is 126 Å². The lowest BCUT2D eigenvalue weighted by atomic mass is 10.2. The molecule has 0 saturated carbocycles. The van der Waals surface area contributed by atoms with Gasteiger partial charge in [0.2, 0.25) is 0 Å². The van der Waals surface area contributed by atoms with E-state index in [-0.39, 0.29) is 5.97 Å². The molecule has 0 aliphatic carbocycles. The number of aryl methyl sites for hydroxylation is 1. The molecule has 2 heterocycles. The first-order valence-corrected chi connectivity index (χ1v) is 7.87. The van der Waals surface area contributed by atoms with Gasteiger partial charge in [-0.3, -0.25) is 0 Å². The molecule has 0 aromatic carbocycles. The second kappa shape index (κ2) is 7.54. The number of esters is 1. The molecule has 0 amide bonds. The summed E-state index contributed by atoms with van der Waals surface area (Å²) in [5.74, 6) is -0.0447. The van der Waals surface area contributed by atoms with Crippen LogP contribution in [-0.4, -0.2) is 52.1 Å². The average molecular weight is 294 g/mol. The standard InChI is InChI=1S/C15H26N4O2/c1-12(2)11-21-15(20)14-13(3)19(17-16-14)10-6-9-18-7-4-5-8-18/h12H,4-11H2,1-3H3. The van der Waals surface area contributed by atoms with Crippen LogP contribution in [0.3, 0.4) is 0 Å². The van der Waals surface area contributed by atoms with Gasteiger partial charge in [-0.15, -0.1) is 5.10 Å². The van der Waals surface area contributed by atoms with Crippen molar-refractivity contribution in [2.24, 2.45) is 5.92 Å². The lowest BCUT2D eigenvalue weighted by Gasteiger charge is -2.14. The number of carbonyl (C=O) groups excluding carboxylic acids is 1. The van der Waals surface area contributed by atoms with E-state index in [1.807, 2.05) is 25.5 Å². The number of ether oxygens (including phenoxy) is 1. The zero-order valence-corrected chi connectivity index (χ0v) is 13.3. The zero-order valence-electron chi connectivity index (χ0n) is 13.3. The van der Waals surface area contributed by atoms with Gasteiger partial charge in [-0.1, -0.05) is 19.1 Å². The third-order valence-electron chi connectivity index (χ3n) is 3.77. The van der Waals surface area contributed by atoms with Crippen molar-refractivity contribution in [3.63, 3.8) is 0 Å². The number of likely N-dealkylation sites (tertiary alicyclic amines) is 1. The Hall–Kier alpha value is -1.43. The number of hydrogen-bond acceptors (Lipinski definition) is 5. The Morgan fingerprint density at radius 1 is 1.29 bits per heavy atom. The van der Waals surface area contributed by atoms with Crippen molar-refractivity contribution in [1.29, 1.82) is 0 Å². The summed E-state index contributed by atoms with van der Waals surface area (Å²) >= 11 is 0. The number of nitrogens with zero attached hydrogens (tertiary/aromatic N) is 4. The second-order valence-corrected chi connectivity index (χ2v) is 6.14. The summed E-state index contributed by atoms with van der Waals surface area (Å²) in [6.07, 6.45) is 3.66. The van der Waals surface area contributed by atoms with Crippen molar-refractivity contribution >= 4 is 5.97 Å². The molecule has 0 spiro atoms. The summed E-state index contributed by atoms with van der Waals surface area (Å²) in [6.45, 7) is 10.6. The number of carbonyl (C=O) groups is 1. The number of hydrogen-bond donors (Lipinski definition) is 0. The number of aromatic nitrogens is 3. The van der Waals surface area contributed by atoms with Gasteiger partial charge in [-0.2, -0.15) is 0 Å². The SMILES string of the molecule is Cc1c(C(=O)OCC(C)C)nnn1CCCN1CCCC1. The highest BCUT2D eigenvalue weighted by Gasteiger charge is 2.18. The van der Waals surface area contributed by atoms with E-state index in [0.29, 0.717) is 18.2 Å². The van der Waals surface area contributed by atoms with E-state index < -0.39 is 0 Å². The van der Waals surface area contributed by atoms with Crippen LogP contribution >= 0.6 is 0 Å². The second-order valence-electron chi connectivity index (χ2n) is 6.14. The quantitative estimate of drug-likeness (QED) is 0.719. The first-order valence-electron chi connectivity index (χ1n) is 7.87. The minimum atomic E-state index is -0.369. The largest absolute Gasteiger partial charge is 0.461 e. The summed E-state index contributed by atoms with van der Waals surface area (Å²) in [4.78, 5) is 14.4. The van der Waals surface area contributed by atoms with Crippen LogP contribution in [0.15, 0.2) is 0 Å². The average Bonchev–Trinajstić information content (AvgIpc) is 3.07. The van der Waals surface area contributed by atoms with Crippen molar-refractivity contribution < 1.29 is 9.53 Å². The summed E-state index contributed by atoms with van der Waals surface area (Å²) < 4.78 is 7.01. The molecule has 1 aliphatic rings. The molecule has 1 fully saturated rings. The van der Waals surface area contributed by atoms with Gasteiger partial charge < -0.3 is 9.64 Å². The molecule has 0 bridgehead atoms. The predicted molar refractivity (Wildman–Crippen MR) is 80.2 cm³/mol. The van der Waals surface area contributed by atoms with Crippen LogP contribution in [0, 0.1) is 12.8 Å². The van der Waals surface area contributed by atoms with Crippen molar-refractivity contribution in [2.45, 2.75) is 46.6 Å². The van der Waals surface area contributed by atoms with E-state index in [2.05, 4.69) is 15.2 Å². The van der Waals surface area contributed by atoms with Gasteiger partial charge in [-0.05, 0) is 51.7 Å². The van der Waals surface area contributed by atoms with Gasteiger partial charge in [0.25, 0.3) is 0 Å². The lowest BCUT2D eigenvalue weighted by Crippen LogP contribution is -2.22. The van der Waals surface area contributed by atoms with Crippen LogP contribution in [0.25, 0.3) is 0 Å².